The summed E-state index contributed by atoms with van der Waals surface area (Å²) in [6, 6.07) is 4.24. The quantitative estimate of drug-likeness (QED) is 0.790. The molecule has 19 heavy (non-hydrogen) atoms. The van der Waals surface area contributed by atoms with Crippen LogP contribution < -0.4 is 0 Å². The number of benzene rings is 1. The Labute approximate surface area is 116 Å². The largest absolute Gasteiger partial charge is 0.298 e. The van der Waals surface area contributed by atoms with E-state index in [1.165, 1.54) is 18.2 Å². The predicted molar refractivity (Wildman–Crippen MR) is 73.0 cm³/mol. The van der Waals surface area contributed by atoms with E-state index in [-0.39, 0.29) is 11.1 Å². The van der Waals surface area contributed by atoms with Crippen molar-refractivity contribution < 1.29 is 9.18 Å². The molecule has 0 fully saturated rings. The Morgan fingerprint density at radius 2 is 2.26 bits per heavy atom. The number of nitrogens with zero attached hydrogens (tertiary/aromatic N) is 2. The molecule has 0 radical (unpaired) electrons. The second kappa shape index (κ2) is 5.53. The maximum atomic E-state index is 13.1. The summed E-state index contributed by atoms with van der Waals surface area (Å²) >= 11 is 6.01. The molecular weight excluding hydrogens is 267 g/mol. The number of carbonyl (C=O) groups excluding carboxylic acids is 1. The molecule has 1 aromatic carbocycles. The molecule has 0 aliphatic heterocycles. The fraction of sp³-hybridized carbons (Fsp3) is 0.286. The summed E-state index contributed by atoms with van der Waals surface area (Å²) in [6.45, 7) is 4.05. The zero-order valence-corrected chi connectivity index (χ0v) is 11.5. The first-order valence-electron chi connectivity index (χ1n) is 6.06. The van der Waals surface area contributed by atoms with Crippen molar-refractivity contribution in [1.82, 2.24) is 9.78 Å². The van der Waals surface area contributed by atoms with Crippen molar-refractivity contribution in [2.45, 2.75) is 26.3 Å². The van der Waals surface area contributed by atoms with Gasteiger partial charge in [-0.05, 0) is 31.5 Å². The molecule has 1 atom stereocenters. The number of rotatable bonds is 4. The maximum Gasteiger partial charge on any atom is 0.153 e. The molecule has 1 unspecified atom stereocenters. The lowest BCUT2D eigenvalue weighted by molar-refractivity contribution is 0.112. The van der Waals surface area contributed by atoms with Crippen LogP contribution in [0.1, 0.15) is 36.7 Å². The summed E-state index contributed by atoms with van der Waals surface area (Å²) in [5, 5.41) is 4.64. The Bertz CT molecular complexity index is 609. The summed E-state index contributed by atoms with van der Waals surface area (Å²) in [6.07, 6.45) is 3.33. The number of halogens is 2. The van der Waals surface area contributed by atoms with Gasteiger partial charge in [-0.25, -0.2) is 4.39 Å². The van der Waals surface area contributed by atoms with E-state index in [4.69, 9.17) is 11.6 Å². The zero-order valence-electron chi connectivity index (χ0n) is 10.7. The maximum absolute atomic E-state index is 13.1. The van der Waals surface area contributed by atoms with Gasteiger partial charge in [-0.1, -0.05) is 18.5 Å². The van der Waals surface area contributed by atoms with Gasteiger partial charge in [0.05, 0.1) is 10.6 Å². The van der Waals surface area contributed by atoms with Gasteiger partial charge in [-0.15, -0.1) is 0 Å². The minimum Gasteiger partial charge on any atom is -0.298 e. The van der Waals surface area contributed by atoms with Crippen LogP contribution in [0.3, 0.4) is 0 Å². The van der Waals surface area contributed by atoms with Crippen molar-refractivity contribution in [3.05, 3.63) is 40.8 Å². The second-order valence-corrected chi connectivity index (χ2v) is 4.82. The summed E-state index contributed by atoms with van der Waals surface area (Å²) in [5.41, 5.74) is 1.50. The molecule has 2 rings (SSSR count). The van der Waals surface area contributed by atoms with Gasteiger partial charge in [0.2, 0.25) is 0 Å². The van der Waals surface area contributed by atoms with Gasteiger partial charge in [0.1, 0.15) is 11.5 Å². The SMILES string of the molecule is CCC(C)n1cc(C=O)c(-c2ccc(F)cc2Cl)n1. The first-order chi connectivity index (χ1) is 9.06. The van der Waals surface area contributed by atoms with Gasteiger partial charge in [0, 0.05) is 17.8 Å². The van der Waals surface area contributed by atoms with Crippen LogP contribution in [-0.2, 0) is 0 Å². The van der Waals surface area contributed by atoms with E-state index in [1.807, 2.05) is 13.8 Å². The van der Waals surface area contributed by atoms with Gasteiger partial charge in [0.15, 0.2) is 6.29 Å². The fourth-order valence-electron chi connectivity index (χ4n) is 1.80. The molecule has 5 heteroatoms. The van der Waals surface area contributed by atoms with Crippen molar-refractivity contribution >= 4 is 17.9 Å². The summed E-state index contributed by atoms with van der Waals surface area (Å²) in [4.78, 5) is 11.1. The monoisotopic (exact) mass is 280 g/mol. The second-order valence-electron chi connectivity index (χ2n) is 4.41. The molecule has 1 heterocycles. The smallest absolute Gasteiger partial charge is 0.153 e. The average Bonchev–Trinajstić information content (AvgIpc) is 2.81. The Hall–Kier alpha value is -1.68. The Kier molecular flexibility index (Phi) is 4.00. The third-order valence-corrected chi connectivity index (χ3v) is 3.43. The lowest BCUT2D eigenvalue weighted by Gasteiger charge is -2.08. The lowest BCUT2D eigenvalue weighted by atomic mass is 10.1. The third-order valence-electron chi connectivity index (χ3n) is 3.12. The van der Waals surface area contributed by atoms with Crippen molar-refractivity contribution in [1.29, 1.82) is 0 Å². The molecule has 0 saturated heterocycles. The van der Waals surface area contributed by atoms with E-state index in [1.54, 1.807) is 10.9 Å². The predicted octanol–water partition coefficient (Wildman–Crippen LogP) is 4.13. The van der Waals surface area contributed by atoms with Crippen LogP contribution in [0.5, 0.6) is 0 Å². The normalized spacial score (nSPS) is 12.4. The summed E-state index contributed by atoms with van der Waals surface area (Å²) < 4.78 is 14.8. The Morgan fingerprint density at radius 1 is 1.53 bits per heavy atom. The minimum absolute atomic E-state index is 0.187. The molecule has 0 saturated carbocycles. The highest BCUT2D eigenvalue weighted by atomic mass is 35.5. The lowest BCUT2D eigenvalue weighted by Crippen LogP contribution is -2.04. The Balaban J connectivity index is 2.54. The van der Waals surface area contributed by atoms with E-state index in [2.05, 4.69) is 5.10 Å². The molecule has 0 spiro atoms. The zero-order chi connectivity index (χ0) is 14.0. The molecule has 0 aliphatic rings. The molecule has 0 bridgehead atoms. The van der Waals surface area contributed by atoms with Crippen LogP contribution in [0, 0.1) is 5.82 Å². The van der Waals surface area contributed by atoms with E-state index in [9.17, 15) is 9.18 Å². The van der Waals surface area contributed by atoms with Crippen LogP contribution >= 0.6 is 11.6 Å². The Morgan fingerprint density at radius 3 is 2.84 bits per heavy atom. The minimum atomic E-state index is -0.414. The topological polar surface area (TPSA) is 34.9 Å². The van der Waals surface area contributed by atoms with Gasteiger partial charge in [-0.2, -0.15) is 5.10 Å². The van der Waals surface area contributed by atoms with Crippen molar-refractivity contribution in [3.8, 4) is 11.3 Å². The standard InChI is InChI=1S/C14H14ClFN2O/c1-3-9(2)18-7-10(8-19)14(17-18)12-5-4-11(16)6-13(12)15/h4-9H,3H2,1-2H3. The molecule has 0 amide bonds. The van der Waals surface area contributed by atoms with E-state index in [0.717, 1.165) is 12.7 Å². The highest BCUT2D eigenvalue weighted by molar-refractivity contribution is 6.33. The van der Waals surface area contributed by atoms with Gasteiger partial charge in [-0.3, -0.25) is 9.48 Å². The van der Waals surface area contributed by atoms with Crippen molar-refractivity contribution in [2.75, 3.05) is 0 Å². The number of hydrogen-bond acceptors (Lipinski definition) is 2. The summed E-state index contributed by atoms with van der Waals surface area (Å²) in [5.74, 6) is -0.414. The molecule has 100 valence electrons. The third kappa shape index (κ3) is 2.68. The van der Waals surface area contributed by atoms with Gasteiger partial charge in [0.25, 0.3) is 0 Å². The molecule has 3 nitrogen and oxygen atoms in total. The van der Waals surface area contributed by atoms with Gasteiger partial charge >= 0.3 is 0 Å². The average molecular weight is 281 g/mol. The molecule has 1 aromatic heterocycles. The van der Waals surface area contributed by atoms with Crippen LogP contribution in [0.25, 0.3) is 11.3 Å². The van der Waals surface area contributed by atoms with E-state index >= 15 is 0 Å². The van der Waals surface area contributed by atoms with E-state index < -0.39 is 5.82 Å². The number of carbonyl (C=O) groups is 1. The number of hydrogen-bond donors (Lipinski definition) is 0. The van der Waals surface area contributed by atoms with Gasteiger partial charge < -0.3 is 0 Å². The van der Waals surface area contributed by atoms with Crippen LogP contribution in [0.4, 0.5) is 4.39 Å². The van der Waals surface area contributed by atoms with Crippen LogP contribution in [-0.4, -0.2) is 16.1 Å². The van der Waals surface area contributed by atoms with Crippen molar-refractivity contribution in [2.24, 2.45) is 0 Å². The molecule has 0 aliphatic carbocycles. The fourth-order valence-corrected chi connectivity index (χ4v) is 2.05. The number of aromatic nitrogens is 2. The van der Waals surface area contributed by atoms with E-state index in [0.29, 0.717) is 16.8 Å². The first-order valence-corrected chi connectivity index (χ1v) is 6.44. The molecule has 0 N–H and O–H groups in total. The highest BCUT2D eigenvalue weighted by Crippen LogP contribution is 2.30. The molecule has 2 aromatic rings. The van der Waals surface area contributed by atoms with Crippen LogP contribution in [0.2, 0.25) is 5.02 Å². The molecular formula is C14H14ClFN2O. The van der Waals surface area contributed by atoms with Crippen LogP contribution in [0.15, 0.2) is 24.4 Å². The van der Waals surface area contributed by atoms with Crippen molar-refractivity contribution in [3.63, 3.8) is 0 Å². The summed E-state index contributed by atoms with van der Waals surface area (Å²) in [7, 11) is 0. The number of aldehydes is 1. The highest BCUT2D eigenvalue weighted by Gasteiger charge is 2.15. The first kappa shape index (κ1) is 13.7.